The number of morpholine rings is 1. The van der Waals surface area contributed by atoms with Crippen LogP contribution in [0.25, 0.3) is 11.5 Å². The van der Waals surface area contributed by atoms with Crippen LogP contribution < -0.4 is 5.32 Å². The number of nitrogens with zero attached hydrogens (tertiary/aromatic N) is 2. The quantitative estimate of drug-likeness (QED) is 0.897. The van der Waals surface area contributed by atoms with Gasteiger partial charge in [-0.25, -0.2) is 9.37 Å². The van der Waals surface area contributed by atoms with E-state index in [1.807, 2.05) is 7.05 Å². The summed E-state index contributed by atoms with van der Waals surface area (Å²) in [7, 11) is 2.03. The Morgan fingerprint density at radius 1 is 1.42 bits per heavy atom. The van der Waals surface area contributed by atoms with Gasteiger partial charge < -0.3 is 19.4 Å². The summed E-state index contributed by atoms with van der Waals surface area (Å²) in [6, 6.07) is 5.85. The van der Waals surface area contributed by atoms with Crippen LogP contribution >= 0.6 is 0 Å². The number of carbonyl (C=O) groups is 1. The van der Waals surface area contributed by atoms with Gasteiger partial charge in [0.25, 0.3) is 0 Å². The van der Waals surface area contributed by atoms with E-state index in [2.05, 4.69) is 15.2 Å². The van der Waals surface area contributed by atoms with Crippen LogP contribution in [-0.2, 0) is 16.0 Å². The lowest BCUT2D eigenvalue weighted by Gasteiger charge is -2.30. The van der Waals surface area contributed by atoms with Crippen molar-refractivity contribution >= 4 is 5.91 Å². The third-order valence-electron chi connectivity index (χ3n) is 3.85. The van der Waals surface area contributed by atoms with Gasteiger partial charge in [0.05, 0.1) is 24.8 Å². The Bertz CT molecular complexity index is 687. The average Bonchev–Trinajstić information content (AvgIpc) is 3.02. The second-order valence-electron chi connectivity index (χ2n) is 5.89. The summed E-state index contributed by atoms with van der Waals surface area (Å²) < 4.78 is 23.9. The van der Waals surface area contributed by atoms with E-state index in [0.29, 0.717) is 30.3 Å². The van der Waals surface area contributed by atoms with Crippen molar-refractivity contribution in [1.29, 1.82) is 0 Å². The average molecular weight is 333 g/mol. The molecule has 0 spiro atoms. The van der Waals surface area contributed by atoms with E-state index in [1.165, 1.54) is 18.4 Å². The fraction of sp³-hybridized carbons (Fsp3) is 0.412. The van der Waals surface area contributed by atoms with Crippen molar-refractivity contribution in [3.8, 4) is 11.5 Å². The Hall–Kier alpha value is -2.25. The third-order valence-corrected chi connectivity index (χ3v) is 3.85. The Morgan fingerprint density at radius 2 is 2.21 bits per heavy atom. The molecular weight excluding hydrogens is 313 g/mol. The molecule has 0 bridgehead atoms. The number of amides is 1. The van der Waals surface area contributed by atoms with E-state index >= 15 is 0 Å². The fourth-order valence-corrected chi connectivity index (χ4v) is 2.56. The summed E-state index contributed by atoms with van der Waals surface area (Å²) in [5.41, 5.74) is 1.20. The monoisotopic (exact) mass is 333 g/mol. The lowest BCUT2D eigenvalue weighted by atomic mass is 10.2. The number of ether oxygens (including phenoxy) is 1. The first-order valence-corrected chi connectivity index (χ1v) is 7.87. The van der Waals surface area contributed by atoms with Crippen molar-refractivity contribution in [2.24, 2.45) is 0 Å². The van der Waals surface area contributed by atoms with E-state index in [4.69, 9.17) is 9.15 Å². The van der Waals surface area contributed by atoms with Gasteiger partial charge in [0.1, 0.15) is 12.1 Å². The molecule has 0 aliphatic carbocycles. The van der Waals surface area contributed by atoms with E-state index in [9.17, 15) is 9.18 Å². The maximum atomic E-state index is 12.9. The van der Waals surface area contributed by atoms with Crippen LogP contribution in [0.15, 0.2) is 34.9 Å². The molecule has 24 heavy (non-hydrogen) atoms. The van der Waals surface area contributed by atoms with Gasteiger partial charge in [-0.05, 0) is 31.3 Å². The minimum absolute atomic E-state index is 0.0137. The number of rotatable bonds is 5. The zero-order chi connectivity index (χ0) is 16.9. The number of benzene rings is 1. The first-order chi connectivity index (χ1) is 11.6. The van der Waals surface area contributed by atoms with Gasteiger partial charge in [0.15, 0.2) is 0 Å². The predicted molar refractivity (Wildman–Crippen MR) is 85.8 cm³/mol. The maximum absolute atomic E-state index is 12.9. The maximum Gasteiger partial charge on any atom is 0.226 e. The minimum Gasteiger partial charge on any atom is -0.444 e. The zero-order valence-corrected chi connectivity index (χ0v) is 13.5. The standard InChI is InChI=1S/C17H20FN3O3/c1-21-6-7-23-15(10-21)9-19-16(22)8-14-11-24-17(20-14)12-2-4-13(18)5-3-12/h2-5,11,15H,6-10H2,1H3,(H,19,22). The normalized spacial score (nSPS) is 18.5. The highest BCUT2D eigenvalue weighted by atomic mass is 19.1. The highest BCUT2D eigenvalue weighted by Gasteiger charge is 2.18. The molecule has 1 atom stereocenters. The lowest BCUT2D eigenvalue weighted by molar-refractivity contribution is -0.121. The molecule has 1 saturated heterocycles. The highest BCUT2D eigenvalue weighted by Crippen LogP contribution is 2.19. The second-order valence-corrected chi connectivity index (χ2v) is 5.89. The molecule has 1 N–H and O–H groups in total. The summed E-state index contributed by atoms with van der Waals surface area (Å²) >= 11 is 0. The molecular formula is C17H20FN3O3. The summed E-state index contributed by atoms with van der Waals surface area (Å²) in [6.07, 6.45) is 1.59. The Balaban J connectivity index is 1.50. The molecule has 1 amide bonds. The van der Waals surface area contributed by atoms with Crippen molar-refractivity contribution in [2.45, 2.75) is 12.5 Å². The van der Waals surface area contributed by atoms with Gasteiger partial charge in [-0.15, -0.1) is 0 Å². The van der Waals surface area contributed by atoms with E-state index in [1.54, 1.807) is 12.1 Å². The molecule has 128 valence electrons. The molecule has 1 aromatic heterocycles. The topological polar surface area (TPSA) is 67.6 Å². The molecule has 1 aromatic carbocycles. The number of hydrogen-bond acceptors (Lipinski definition) is 5. The van der Waals surface area contributed by atoms with E-state index in [-0.39, 0.29) is 24.2 Å². The van der Waals surface area contributed by atoms with Crippen LogP contribution in [0.1, 0.15) is 5.69 Å². The predicted octanol–water partition coefficient (Wildman–Crippen LogP) is 1.47. The Morgan fingerprint density at radius 3 is 2.96 bits per heavy atom. The van der Waals surface area contributed by atoms with Crippen molar-refractivity contribution < 1.29 is 18.3 Å². The van der Waals surface area contributed by atoms with Gasteiger partial charge in [0.2, 0.25) is 11.8 Å². The molecule has 1 fully saturated rings. The molecule has 0 saturated carbocycles. The van der Waals surface area contributed by atoms with E-state index < -0.39 is 0 Å². The van der Waals surface area contributed by atoms with Crippen molar-refractivity contribution in [3.05, 3.63) is 42.0 Å². The van der Waals surface area contributed by atoms with Crippen LogP contribution in [-0.4, -0.2) is 55.2 Å². The van der Waals surface area contributed by atoms with Crippen LogP contribution in [0.4, 0.5) is 4.39 Å². The lowest BCUT2D eigenvalue weighted by Crippen LogP contribution is -2.46. The van der Waals surface area contributed by atoms with Gasteiger partial charge in [-0.2, -0.15) is 0 Å². The summed E-state index contributed by atoms with van der Waals surface area (Å²) in [4.78, 5) is 18.5. The number of carbonyl (C=O) groups excluding carboxylic acids is 1. The molecule has 1 aliphatic heterocycles. The number of oxazole rings is 1. The van der Waals surface area contributed by atoms with Crippen molar-refractivity contribution in [3.63, 3.8) is 0 Å². The Kier molecular flexibility index (Phi) is 5.22. The molecule has 2 aromatic rings. The second kappa shape index (κ2) is 7.55. The first kappa shape index (κ1) is 16.6. The zero-order valence-electron chi connectivity index (χ0n) is 13.5. The van der Waals surface area contributed by atoms with E-state index in [0.717, 1.165) is 13.1 Å². The molecule has 2 heterocycles. The van der Waals surface area contributed by atoms with Crippen LogP contribution in [0.3, 0.4) is 0 Å². The molecule has 6 nitrogen and oxygen atoms in total. The largest absolute Gasteiger partial charge is 0.444 e. The molecule has 3 rings (SSSR count). The summed E-state index contributed by atoms with van der Waals surface area (Å²) in [5, 5.41) is 2.86. The van der Waals surface area contributed by atoms with Crippen molar-refractivity contribution in [2.75, 3.05) is 33.3 Å². The van der Waals surface area contributed by atoms with Gasteiger partial charge in [0, 0.05) is 25.2 Å². The molecule has 1 aliphatic rings. The number of nitrogens with one attached hydrogen (secondary N) is 1. The van der Waals surface area contributed by atoms with Gasteiger partial charge >= 0.3 is 0 Å². The number of halogens is 1. The van der Waals surface area contributed by atoms with Crippen LogP contribution in [0, 0.1) is 5.82 Å². The smallest absolute Gasteiger partial charge is 0.226 e. The third kappa shape index (κ3) is 4.39. The van der Waals surface area contributed by atoms with Crippen LogP contribution in [0.5, 0.6) is 0 Å². The van der Waals surface area contributed by atoms with Crippen molar-refractivity contribution in [1.82, 2.24) is 15.2 Å². The number of hydrogen-bond donors (Lipinski definition) is 1. The first-order valence-electron chi connectivity index (χ1n) is 7.87. The molecule has 1 unspecified atom stereocenters. The number of aromatic nitrogens is 1. The van der Waals surface area contributed by atoms with Crippen LogP contribution in [0.2, 0.25) is 0 Å². The fourth-order valence-electron chi connectivity index (χ4n) is 2.56. The molecule has 0 radical (unpaired) electrons. The SMILES string of the molecule is CN1CCOC(CNC(=O)Cc2coc(-c3ccc(F)cc3)n2)C1. The summed E-state index contributed by atoms with van der Waals surface area (Å²) in [5.74, 6) is -0.0821. The number of likely N-dealkylation sites (N-methyl/N-ethyl adjacent to an activating group) is 1. The minimum atomic E-state index is -0.319. The Labute approximate surface area is 139 Å². The van der Waals surface area contributed by atoms with Gasteiger partial charge in [-0.3, -0.25) is 4.79 Å². The molecule has 7 heteroatoms. The van der Waals surface area contributed by atoms with Gasteiger partial charge in [-0.1, -0.05) is 0 Å². The highest BCUT2D eigenvalue weighted by molar-refractivity contribution is 5.78. The summed E-state index contributed by atoms with van der Waals surface area (Å²) in [6.45, 7) is 2.88.